The first kappa shape index (κ1) is 15.5. The SMILES string of the molecule is CCCC(C)NC(=O)CS(=O)c1nc2ccc(N)cc2[nH]1. The molecule has 1 heterocycles. The molecule has 2 rings (SSSR count). The van der Waals surface area contributed by atoms with E-state index in [2.05, 4.69) is 22.2 Å². The van der Waals surface area contributed by atoms with Crippen LogP contribution in [0.5, 0.6) is 0 Å². The van der Waals surface area contributed by atoms with E-state index in [-0.39, 0.29) is 17.7 Å². The Hall–Kier alpha value is -1.89. The van der Waals surface area contributed by atoms with E-state index in [1.165, 1.54) is 0 Å². The van der Waals surface area contributed by atoms with E-state index in [4.69, 9.17) is 5.73 Å². The van der Waals surface area contributed by atoms with Crippen molar-refractivity contribution in [2.45, 2.75) is 37.9 Å². The number of nitrogens with two attached hydrogens (primary N) is 1. The van der Waals surface area contributed by atoms with Gasteiger partial charge in [0.2, 0.25) is 5.91 Å². The number of aromatic amines is 1. The van der Waals surface area contributed by atoms with Gasteiger partial charge in [-0.25, -0.2) is 4.98 Å². The van der Waals surface area contributed by atoms with Crippen molar-refractivity contribution in [1.82, 2.24) is 15.3 Å². The van der Waals surface area contributed by atoms with Crippen LogP contribution in [0.4, 0.5) is 5.69 Å². The second kappa shape index (κ2) is 6.71. The molecule has 6 nitrogen and oxygen atoms in total. The molecule has 2 unspecified atom stereocenters. The van der Waals surface area contributed by atoms with Crippen LogP contribution in [-0.2, 0) is 15.6 Å². The smallest absolute Gasteiger partial charge is 0.233 e. The van der Waals surface area contributed by atoms with E-state index in [1.54, 1.807) is 18.2 Å². The molecule has 1 aromatic carbocycles. The number of nitrogens with zero attached hydrogens (tertiary/aromatic N) is 1. The lowest BCUT2D eigenvalue weighted by atomic mass is 10.2. The molecule has 0 saturated heterocycles. The van der Waals surface area contributed by atoms with E-state index in [1.807, 2.05) is 6.92 Å². The van der Waals surface area contributed by atoms with Gasteiger partial charge in [0.1, 0.15) is 5.75 Å². The normalized spacial score (nSPS) is 14.0. The molecular weight excluding hydrogens is 288 g/mol. The molecule has 114 valence electrons. The first-order valence-electron chi connectivity index (χ1n) is 6.92. The molecule has 0 aliphatic rings. The number of hydrogen-bond donors (Lipinski definition) is 3. The van der Waals surface area contributed by atoms with Gasteiger partial charge in [0, 0.05) is 11.7 Å². The van der Waals surface area contributed by atoms with E-state index in [0.717, 1.165) is 18.4 Å². The van der Waals surface area contributed by atoms with Crippen LogP contribution >= 0.6 is 0 Å². The predicted octanol–water partition coefficient (Wildman–Crippen LogP) is 1.56. The summed E-state index contributed by atoms with van der Waals surface area (Å²) in [6.45, 7) is 4.00. The maximum absolute atomic E-state index is 12.2. The third kappa shape index (κ3) is 4.04. The highest BCUT2D eigenvalue weighted by Gasteiger charge is 2.15. The van der Waals surface area contributed by atoms with Gasteiger partial charge in [0.25, 0.3) is 0 Å². The molecule has 2 atom stereocenters. The molecule has 21 heavy (non-hydrogen) atoms. The summed E-state index contributed by atoms with van der Waals surface area (Å²) in [4.78, 5) is 19.0. The first-order chi connectivity index (χ1) is 9.99. The van der Waals surface area contributed by atoms with Gasteiger partial charge in [-0.15, -0.1) is 0 Å². The minimum atomic E-state index is -1.49. The molecule has 2 aromatic rings. The first-order valence-corrected chi connectivity index (χ1v) is 8.24. The molecule has 1 amide bonds. The number of carbonyl (C=O) groups excluding carboxylic acids is 1. The van der Waals surface area contributed by atoms with Crippen molar-refractivity contribution < 1.29 is 9.00 Å². The summed E-state index contributed by atoms with van der Waals surface area (Å²) in [6, 6.07) is 5.31. The number of fused-ring (bicyclic) bond motifs is 1. The van der Waals surface area contributed by atoms with Crippen LogP contribution in [0.15, 0.2) is 23.4 Å². The van der Waals surface area contributed by atoms with Crippen LogP contribution in [-0.4, -0.2) is 31.9 Å². The molecule has 0 spiro atoms. The Bertz CT molecular complexity index is 668. The summed E-state index contributed by atoms with van der Waals surface area (Å²) < 4.78 is 12.2. The molecule has 0 bridgehead atoms. The van der Waals surface area contributed by atoms with Gasteiger partial charge in [-0.1, -0.05) is 13.3 Å². The summed E-state index contributed by atoms with van der Waals surface area (Å²) in [5.41, 5.74) is 7.70. The molecule has 0 radical (unpaired) electrons. The third-order valence-electron chi connectivity index (χ3n) is 3.09. The third-order valence-corrected chi connectivity index (χ3v) is 4.24. The van der Waals surface area contributed by atoms with Crippen LogP contribution in [0.25, 0.3) is 11.0 Å². The zero-order chi connectivity index (χ0) is 15.4. The zero-order valence-corrected chi connectivity index (χ0v) is 13.0. The number of nitrogens with one attached hydrogen (secondary N) is 2. The van der Waals surface area contributed by atoms with Crippen LogP contribution in [0, 0.1) is 0 Å². The molecule has 0 aliphatic heterocycles. The molecule has 1 aromatic heterocycles. The lowest BCUT2D eigenvalue weighted by Crippen LogP contribution is -2.35. The topological polar surface area (TPSA) is 101 Å². The highest BCUT2D eigenvalue weighted by molar-refractivity contribution is 7.85. The Morgan fingerprint density at radius 2 is 2.29 bits per heavy atom. The van der Waals surface area contributed by atoms with Crippen molar-refractivity contribution in [2.24, 2.45) is 0 Å². The van der Waals surface area contributed by atoms with Gasteiger partial charge >= 0.3 is 0 Å². The Kier molecular flexibility index (Phi) is 4.95. The second-order valence-corrected chi connectivity index (χ2v) is 6.43. The summed E-state index contributed by atoms with van der Waals surface area (Å²) in [6.07, 6.45) is 1.90. The summed E-state index contributed by atoms with van der Waals surface area (Å²) >= 11 is 0. The Morgan fingerprint density at radius 1 is 1.52 bits per heavy atom. The Balaban J connectivity index is 2.03. The van der Waals surface area contributed by atoms with Gasteiger partial charge in [0.15, 0.2) is 5.16 Å². The highest BCUT2D eigenvalue weighted by atomic mass is 32.2. The second-order valence-electron chi connectivity index (χ2n) is 5.07. The number of nitrogen functional groups attached to an aromatic ring is 1. The Labute approximate surface area is 126 Å². The largest absolute Gasteiger partial charge is 0.399 e. The number of amides is 1. The summed E-state index contributed by atoms with van der Waals surface area (Å²) in [7, 11) is -1.49. The van der Waals surface area contributed by atoms with E-state index in [0.29, 0.717) is 16.4 Å². The lowest BCUT2D eigenvalue weighted by molar-refractivity contribution is -0.119. The fraction of sp³-hybridized carbons (Fsp3) is 0.429. The summed E-state index contributed by atoms with van der Waals surface area (Å²) in [5, 5.41) is 3.13. The fourth-order valence-corrected chi connectivity index (χ4v) is 3.00. The van der Waals surface area contributed by atoms with Crippen molar-refractivity contribution in [3.8, 4) is 0 Å². The maximum atomic E-state index is 12.2. The standard InChI is InChI=1S/C14H20N4O2S/c1-3-4-9(2)16-13(19)8-21(20)14-17-11-6-5-10(15)7-12(11)18-14/h5-7,9H,3-4,8,15H2,1-2H3,(H,16,19)(H,17,18). The number of benzene rings is 1. The van der Waals surface area contributed by atoms with E-state index >= 15 is 0 Å². The quantitative estimate of drug-likeness (QED) is 0.705. The molecule has 0 aliphatic carbocycles. The van der Waals surface area contributed by atoms with Crippen LogP contribution in [0.1, 0.15) is 26.7 Å². The van der Waals surface area contributed by atoms with Gasteiger partial charge in [-0.3, -0.25) is 9.00 Å². The van der Waals surface area contributed by atoms with Gasteiger partial charge < -0.3 is 16.0 Å². The monoisotopic (exact) mass is 308 g/mol. The van der Waals surface area contributed by atoms with Crippen molar-refractivity contribution in [1.29, 1.82) is 0 Å². The van der Waals surface area contributed by atoms with Crippen LogP contribution in [0.2, 0.25) is 0 Å². The molecule has 4 N–H and O–H groups in total. The van der Waals surface area contributed by atoms with Gasteiger partial charge in [-0.05, 0) is 31.5 Å². The van der Waals surface area contributed by atoms with E-state index < -0.39 is 10.8 Å². The zero-order valence-electron chi connectivity index (χ0n) is 12.2. The van der Waals surface area contributed by atoms with E-state index in [9.17, 15) is 9.00 Å². The molecular formula is C14H20N4O2S. The fourth-order valence-electron chi connectivity index (χ4n) is 2.12. The minimum absolute atomic E-state index is 0.0926. The lowest BCUT2D eigenvalue weighted by Gasteiger charge is -2.11. The molecule has 0 fully saturated rings. The number of hydrogen-bond acceptors (Lipinski definition) is 4. The number of H-pyrrole nitrogens is 1. The van der Waals surface area contributed by atoms with Gasteiger partial charge in [-0.2, -0.15) is 0 Å². The van der Waals surface area contributed by atoms with Crippen LogP contribution in [0.3, 0.4) is 0 Å². The Morgan fingerprint density at radius 3 is 3.00 bits per heavy atom. The average Bonchev–Trinajstić information content (AvgIpc) is 2.81. The molecule has 0 saturated carbocycles. The molecule has 7 heteroatoms. The average molecular weight is 308 g/mol. The summed E-state index contributed by atoms with van der Waals surface area (Å²) in [5.74, 6) is -0.321. The minimum Gasteiger partial charge on any atom is -0.399 e. The van der Waals surface area contributed by atoms with Crippen molar-refractivity contribution >= 4 is 33.4 Å². The maximum Gasteiger partial charge on any atom is 0.233 e. The number of aromatic nitrogens is 2. The number of rotatable bonds is 6. The van der Waals surface area contributed by atoms with Gasteiger partial charge in [0.05, 0.1) is 21.8 Å². The number of anilines is 1. The van der Waals surface area contributed by atoms with Crippen molar-refractivity contribution in [3.63, 3.8) is 0 Å². The highest BCUT2D eigenvalue weighted by Crippen LogP contribution is 2.16. The van der Waals surface area contributed by atoms with Crippen molar-refractivity contribution in [3.05, 3.63) is 18.2 Å². The van der Waals surface area contributed by atoms with Crippen molar-refractivity contribution in [2.75, 3.05) is 11.5 Å². The number of imidazole rings is 1. The van der Waals surface area contributed by atoms with Crippen LogP contribution < -0.4 is 11.1 Å². The predicted molar refractivity (Wildman–Crippen MR) is 84.3 cm³/mol. The number of carbonyl (C=O) groups is 1.